The summed E-state index contributed by atoms with van der Waals surface area (Å²) in [7, 11) is 0. The van der Waals surface area contributed by atoms with E-state index >= 15 is 0 Å². The van der Waals surface area contributed by atoms with E-state index in [1.807, 2.05) is 54.6 Å². The number of ether oxygens (including phenoxy) is 2. The number of cyclic esters (lactones) is 1. The van der Waals surface area contributed by atoms with Crippen molar-refractivity contribution in [3.05, 3.63) is 103 Å². The zero-order valence-corrected chi connectivity index (χ0v) is 19.8. The summed E-state index contributed by atoms with van der Waals surface area (Å²) in [5.41, 5.74) is 4.02. The highest BCUT2D eigenvalue weighted by atomic mass is 127. The molecule has 6 heteroatoms. The monoisotopic (exact) mass is 573 g/mol. The summed E-state index contributed by atoms with van der Waals surface area (Å²) >= 11 is 5.72. The van der Waals surface area contributed by atoms with Crippen molar-refractivity contribution in [2.24, 2.45) is 4.99 Å². The second-order valence-corrected chi connectivity index (χ2v) is 8.80. The van der Waals surface area contributed by atoms with Crippen LogP contribution in [-0.2, 0) is 16.1 Å². The van der Waals surface area contributed by atoms with Crippen LogP contribution in [0.5, 0.6) is 5.75 Å². The number of benzene rings is 3. The lowest BCUT2D eigenvalue weighted by molar-refractivity contribution is -0.129. The van der Waals surface area contributed by atoms with Crippen molar-refractivity contribution in [3.63, 3.8) is 0 Å². The first-order valence-electron chi connectivity index (χ1n) is 9.25. The van der Waals surface area contributed by atoms with Gasteiger partial charge in [0.1, 0.15) is 12.4 Å². The number of aliphatic imine (C=N–C) groups is 1. The molecular formula is C24H17BrINO3. The van der Waals surface area contributed by atoms with Crippen LogP contribution in [0, 0.1) is 10.5 Å². The number of carbonyl (C=O) groups excluding carboxylic acids is 1. The Balaban J connectivity index is 1.59. The second kappa shape index (κ2) is 9.14. The molecule has 0 saturated heterocycles. The molecule has 4 nitrogen and oxygen atoms in total. The fourth-order valence-corrected chi connectivity index (χ4v) is 3.72. The summed E-state index contributed by atoms with van der Waals surface area (Å²) in [4.78, 5) is 16.8. The molecule has 0 radical (unpaired) electrons. The average molecular weight is 574 g/mol. The van der Waals surface area contributed by atoms with Gasteiger partial charge in [0.2, 0.25) is 5.90 Å². The highest BCUT2D eigenvalue weighted by Gasteiger charge is 2.25. The van der Waals surface area contributed by atoms with Crippen LogP contribution in [0.4, 0.5) is 0 Å². The van der Waals surface area contributed by atoms with E-state index < -0.39 is 5.97 Å². The lowest BCUT2D eigenvalue weighted by Gasteiger charge is -2.09. The minimum atomic E-state index is -0.479. The van der Waals surface area contributed by atoms with Crippen LogP contribution in [-0.4, -0.2) is 11.9 Å². The van der Waals surface area contributed by atoms with E-state index in [9.17, 15) is 4.79 Å². The Morgan fingerprint density at radius 1 is 1.10 bits per heavy atom. The molecule has 3 aromatic rings. The standard InChI is InChI=1S/C24H17BrINO3/c1-15-5-4-6-16(11-15)14-29-22-8-3-2-7-17(22)13-21-24(28)30-23(27-21)18-9-10-20(26)19(25)12-18/h2-13H,14H2,1H3/b21-13-. The molecule has 1 aliphatic heterocycles. The lowest BCUT2D eigenvalue weighted by Crippen LogP contribution is -2.05. The number of hydrogen-bond donors (Lipinski definition) is 0. The molecule has 30 heavy (non-hydrogen) atoms. The van der Waals surface area contributed by atoms with Gasteiger partial charge in [-0.2, -0.15) is 0 Å². The third-order valence-electron chi connectivity index (χ3n) is 4.48. The minimum absolute atomic E-state index is 0.242. The quantitative estimate of drug-likeness (QED) is 0.205. The maximum Gasteiger partial charge on any atom is 0.363 e. The summed E-state index contributed by atoms with van der Waals surface area (Å²) in [6.45, 7) is 2.49. The van der Waals surface area contributed by atoms with Gasteiger partial charge in [-0.1, -0.05) is 48.0 Å². The molecule has 0 saturated carbocycles. The largest absolute Gasteiger partial charge is 0.488 e. The van der Waals surface area contributed by atoms with Crippen LogP contribution in [0.1, 0.15) is 22.3 Å². The average Bonchev–Trinajstić information content (AvgIpc) is 3.10. The predicted molar refractivity (Wildman–Crippen MR) is 129 cm³/mol. The van der Waals surface area contributed by atoms with Crippen molar-refractivity contribution < 1.29 is 14.3 Å². The number of halogens is 2. The highest BCUT2D eigenvalue weighted by molar-refractivity contribution is 14.1. The minimum Gasteiger partial charge on any atom is -0.488 e. The fraction of sp³-hybridized carbons (Fsp3) is 0.0833. The van der Waals surface area contributed by atoms with Crippen molar-refractivity contribution in [1.82, 2.24) is 0 Å². The Hall–Kier alpha value is -2.45. The molecule has 0 aromatic heterocycles. The zero-order valence-electron chi connectivity index (χ0n) is 16.1. The van der Waals surface area contributed by atoms with Crippen molar-refractivity contribution in [1.29, 1.82) is 0 Å². The summed E-state index contributed by atoms with van der Waals surface area (Å²) in [5.74, 6) is 0.495. The molecule has 1 aliphatic rings. The van der Waals surface area contributed by atoms with Crippen molar-refractivity contribution in [3.8, 4) is 5.75 Å². The Morgan fingerprint density at radius 2 is 1.93 bits per heavy atom. The number of esters is 1. The van der Waals surface area contributed by atoms with E-state index in [-0.39, 0.29) is 5.70 Å². The van der Waals surface area contributed by atoms with Crippen LogP contribution in [0.25, 0.3) is 6.08 Å². The number of rotatable bonds is 5. The van der Waals surface area contributed by atoms with Crippen LogP contribution in [0.3, 0.4) is 0 Å². The third-order valence-corrected chi connectivity index (χ3v) is 6.81. The van der Waals surface area contributed by atoms with E-state index in [1.165, 1.54) is 5.56 Å². The van der Waals surface area contributed by atoms with Gasteiger partial charge in [-0.3, -0.25) is 0 Å². The number of hydrogen-bond acceptors (Lipinski definition) is 4. The molecule has 0 fully saturated rings. The fourth-order valence-electron chi connectivity index (χ4n) is 3.00. The molecule has 0 atom stereocenters. The Labute approximate surface area is 196 Å². The third kappa shape index (κ3) is 4.82. The van der Waals surface area contributed by atoms with E-state index in [0.29, 0.717) is 18.3 Å². The number of carbonyl (C=O) groups is 1. The molecule has 0 spiro atoms. The zero-order chi connectivity index (χ0) is 21.1. The molecule has 3 aromatic carbocycles. The van der Waals surface area contributed by atoms with E-state index in [1.54, 1.807) is 6.08 Å². The molecular weight excluding hydrogens is 557 g/mol. The van der Waals surface area contributed by atoms with Crippen LogP contribution in [0.2, 0.25) is 0 Å². The first-order valence-corrected chi connectivity index (χ1v) is 11.1. The molecule has 150 valence electrons. The van der Waals surface area contributed by atoms with Gasteiger partial charge in [0.25, 0.3) is 0 Å². The Morgan fingerprint density at radius 3 is 2.73 bits per heavy atom. The van der Waals surface area contributed by atoms with Gasteiger partial charge in [-0.05, 0) is 81.3 Å². The second-order valence-electron chi connectivity index (χ2n) is 6.78. The summed E-state index contributed by atoms with van der Waals surface area (Å²) in [5, 5.41) is 0. The summed E-state index contributed by atoms with van der Waals surface area (Å²) < 4.78 is 13.4. The predicted octanol–water partition coefficient (Wildman–Crippen LogP) is 6.29. The van der Waals surface area contributed by atoms with Crippen LogP contribution >= 0.6 is 38.5 Å². The van der Waals surface area contributed by atoms with Gasteiger partial charge < -0.3 is 9.47 Å². The van der Waals surface area contributed by atoms with E-state index in [2.05, 4.69) is 62.6 Å². The maximum atomic E-state index is 12.4. The number of nitrogens with zero attached hydrogens (tertiary/aromatic N) is 1. The van der Waals surface area contributed by atoms with Gasteiger partial charge >= 0.3 is 5.97 Å². The maximum absolute atomic E-state index is 12.4. The van der Waals surface area contributed by atoms with Crippen molar-refractivity contribution >= 4 is 56.5 Å². The highest BCUT2D eigenvalue weighted by Crippen LogP contribution is 2.27. The van der Waals surface area contributed by atoms with Gasteiger partial charge in [0.15, 0.2) is 5.70 Å². The van der Waals surface area contributed by atoms with Gasteiger partial charge in [-0.15, -0.1) is 0 Å². The van der Waals surface area contributed by atoms with Crippen molar-refractivity contribution in [2.45, 2.75) is 13.5 Å². The lowest BCUT2D eigenvalue weighted by atomic mass is 10.1. The normalized spacial score (nSPS) is 14.6. The number of para-hydroxylation sites is 1. The molecule has 4 rings (SSSR count). The number of aryl methyl sites for hydroxylation is 1. The molecule has 0 amide bonds. The molecule has 1 heterocycles. The summed E-state index contributed by atoms with van der Waals surface area (Å²) in [6.07, 6.45) is 1.70. The molecule has 0 N–H and O–H groups in total. The van der Waals surface area contributed by atoms with Gasteiger partial charge in [0, 0.05) is 19.2 Å². The molecule has 0 unspecified atom stereocenters. The van der Waals surface area contributed by atoms with E-state index in [0.717, 1.165) is 24.7 Å². The Bertz CT molecular complexity index is 1190. The van der Waals surface area contributed by atoms with E-state index in [4.69, 9.17) is 9.47 Å². The molecule has 0 bridgehead atoms. The van der Waals surface area contributed by atoms with Crippen LogP contribution < -0.4 is 4.74 Å². The van der Waals surface area contributed by atoms with Gasteiger partial charge in [0.05, 0.1) is 0 Å². The van der Waals surface area contributed by atoms with Gasteiger partial charge in [-0.25, -0.2) is 9.79 Å². The molecule has 0 aliphatic carbocycles. The SMILES string of the molecule is Cc1cccc(COc2ccccc2/C=C2\N=C(c3ccc(I)c(Br)c3)OC2=O)c1. The first kappa shape index (κ1) is 20.8. The van der Waals surface area contributed by atoms with Crippen molar-refractivity contribution in [2.75, 3.05) is 0 Å². The smallest absolute Gasteiger partial charge is 0.363 e. The topological polar surface area (TPSA) is 47.9 Å². The summed E-state index contributed by atoms with van der Waals surface area (Å²) in [6, 6.07) is 21.4. The Kier molecular flexibility index (Phi) is 6.34. The van der Waals surface area contributed by atoms with Crippen LogP contribution in [0.15, 0.2) is 81.9 Å². The first-order chi connectivity index (χ1) is 14.5.